The van der Waals surface area contributed by atoms with Crippen molar-refractivity contribution in [2.75, 3.05) is 10.2 Å². The van der Waals surface area contributed by atoms with Gasteiger partial charge >= 0.3 is 0 Å². The largest absolute Gasteiger partial charge is 0.337 e. The van der Waals surface area contributed by atoms with Gasteiger partial charge in [-0.2, -0.15) is 0 Å². The number of pyridine rings is 1. The van der Waals surface area contributed by atoms with Gasteiger partial charge in [0, 0.05) is 17.3 Å². The molecule has 2 heterocycles. The van der Waals surface area contributed by atoms with Crippen LogP contribution in [-0.4, -0.2) is 16.9 Å². The van der Waals surface area contributed by atoms with Gasteiger partial charge in [0.05, 0.1) is 11.9 Å². The van der Waals surface area contributed by atoms with Crippen LogP contribution < -0.4 is 10.2 Å². The average molecular weight is 343 g/mol. The van der Waals surface area contributed by atoms with Gasteiger partial charge in [-0.15, -0.1) is 0 Å². The molecule has 3 aromatic rings. The van der Waals surface area contributed by atoms with Gasteiger partial charge in [-0.05, 0) is 56.2 Å². The first-order valence-electron chi connectivity index (χ1n) is 8.83. The number of anilines is 3. The molecule has 1 aliphatic rings. The van der Waals surface area contributed by atoms with Crippen molar-refractivity contribution in [1.82, 2.24) is 4.98 Å². The van der Waals surface area contributed by atoms with Crippen LogP contribution in [0.5, 0.6) is 0 Å². The summed E-state index contributed by atoms with van der Waals surface area (Å²) in [5.74, 6) is 0.407. The lowest BCUT2D eigenvalue weighted by molar-refractivity contribution is 0.102. The molecule has 0 aliphatic carbocycles. The molecule has 4 heteroatoms. The number of carbonyl (C=O) groups is 1. The van der Waals surface area contributed by atoms with Crippen LogP contribution in [0, 0.1) is 6.92 Å². The van der Waals surface area contributed by atoms with Gasteiger partial charge < -0.3 is 10.2 Å². The topological polar surface area (TPSA) is 45.2 Å². The fraction of sp³-hybridized carbons (Fsp3) is 0.182. The van der Waals surface area contributed by atoms with Crippen molar-refractivity contribution in [1.29, 1.82) is 0 Å². The minimum absolute atomic E-state index is 0.148. The summed E-state index contributed by atoms with van der Waals surface area (Å²) < 4.78 is 0. The molecular weight excluding hydrogens is 322 g/mol. The number of amides is 1. The second kappa shape index (κ2) is 6.64. The Labute approximate surface area is 153 Å². The third kappa shape index (κ3) is 3.06. The lowest BCUT2D eigenvalue weighted by Crippen LogP contribution is -2.24. The monoisotopic (exact) mass is 343 g/mol. The van der Waals surface area contributed by atoms with Gasteiger partial charge in [0.2, 0.25) is 0 Å². The van der Waals surface area contributed by atoms with E-state index in [1.165, 1.54) is 11.3 Å². The molecule has 1 atom stereocenters. The van der Waals surface area contributed by atoms with Crippen molar-refractivity contribution in [3.63, 3.8) is 0 Å². The van der Waals surface area contributed by atoms with Crippen LogP contribution in [0.25, 0.3) is 0 Å². The highest BCUT2D eigenvalue weighted by Crippen LogP contribution is 2.37. The van der Waals surface area contributed by atoms with Crippen molar-refractivity contribution >= 4 is 23.1 Å². The number of para-hydroxylation sites is 1. The normalized spacial score (nSPS) is 15.6. The van der Waals surface area contributed by atoms with Crippen molar-refractivity contribution in [2.24, 2.45) is 0 Å². The number of aromatic nitrogens is 1. The number of fused-ring (bicyclic) bond motifs is 1. The van der Waals surface area contributed by atoms with E-state index in [9.17, 15) is 4.79 Å². The van der Waals surface area contributed by atoms with Crippen molar-refractivity contribution < 1.29 is 4.79 Å². The molecule has 4 nitrogen and oxygen atoms in total. The Morgan fingerprint density at radius 1 is 1.08 bits per heavy atom. The van der Waals surface area contributed by atoms with E-state index in [1.807, 2.05) is 49.5 Å². The van der Waals surface area contributed by atoms with E-state index in [-0.39, 0.29) is 5.91 Å². The number of nitrogens with zero attached hydrogens (tertiary/aromatic N) is 2. The highest BCUT2D eigenvalue weighted by Gasteiger charge is 2.26. The quantitative estimate of drug-likeness (QED) is 0.748. The van der Waals surface area contributed by atoms with E-state index in [2.05, 4.69) is 46.4 Å². The smallest absolute Gasteiger partial charge is 0.256 e. The number of carbonyl (C=O) groups excluding carboxylic acids is 1. The lowest BCUT2D eigenvalue weighted by atomic mass is 10.1. The van der Waals surface area contributed by atoms with E-state index in [1.54, 1.807) is 0 Å². The van der Waals surface area contributed by atoms with E-state index in [4.69, 9.17) is 0 Å². The van der Waals surface area contributed by atoms with Crippen LogP contribution in [0.1, 0.15) is 28.4 Å². The minimum Gasteiger partial charge on any atom is -0.337 e. The summed E-state index contributed by atoms with van der Waals surface area (Å²) >= 11 is 0. The van der Waals surface area contributed by atoms with E-state index >= 15 is 0 Å². The Hall–Kier alpha value is -3.14. The number of hydrogen-bond donors (Lipinski definition) is 1. The standard InChI is InChI=1S/C22H21N3O/c1-15-7-9-17(10-8-15)22(26)24-21-12-11-19(14-23-21)25-16(2)13-18-5-3-4-6-20(18)25/h3-12,14,16H,13H2,1-2H3,(H,23,24,26). The van der Waals surface area contributed by atoms with Gasteiger partial charge in [-0.25, -0.2) is 4.98 Å². The molecule has 130 valence electrons. The predicted molar refractivity (Wildman–Crippen MR) is 105 cm³/mol. The summed E-state index contributed by atoms with van der Waals surface area (Å²) in [6.45, 7) is 4.21. The first-order valence-corrected chi connectivity index (χ1v) is 8.83. The molecule has 0 radical (unpaired) electrons. The van der Waals surface area contributed by atoms with Crippen LogP contribution in [0.2, 0.25) is 0 Å². The van der Waals surface area contributed by atoms with E-state index in [0.29, 0.717) is 17.4 Å². The summed E-state index contributed by atoms with van der Waals surface area (Å²) in [6, 6.07) is 20.2. The maximum atomic E-state index is 12.3. The molecule has 1 aromatic heterocycles. The van der Waals surface area contributed by atoms with Gasteiger partial charge in [-0.3, -0.25) is 4.79 Å². The summed E-state index contributed by atoms with van der Waals surface area (Å²) in [5.41, 5.74) is 5.39. The summed E-state index contributed by atoms with van der Waals surface area (Å²) in [4.78, 5) is 19.1. The predicted octanol–water partition coefficient (Wildman–Crippen LogP) is 4.73. The van der Waals surface area contributed by atoms with Gasteiger partial charge in [0.15, 0.2) is 0 Å². The zero-order valence-electron chi connectivity index (χ0n) is 14.9. The second-order valence-electron chi connectivity index (χ2n) is 6.77. The molecule has 0 bridgehead atoms. The van der Waals surface area contributed by atoms with Crippen LogP contribution in [0.15, 0.2) is 66.9 Å². The second-order valence-corrected chi connectivity index (χ2v) is 6.77. The molecular formula is C22H21N3O. The Bertz CT molecular complexity index is 932. The van der Waals surface area contributed by atoms with Crippen molar-refractivity contribution in [3.05, 3.63) is 83.6 Å². The van der Waals surface area contributed by atoms with Crippen molar-refractivity contribution in [2.45, 2.75) is 26.3 Å². The van der Waals surface area contributed by atoms with Crippen LogP contribution >= 0.6 is 0 Å². The third-order valence-electron chi connectivity index (χ3n) is 4.79. The number of aryl methyl sites for hydroxylation is 1. The van der Waals surface area contributed by atoms with Crippen LogP contribution in [-0.2, 0) is 6.42 Å². The Balaban J connectivity index is 1.52. The highest BCUT2D eigenvalue weighted by atomic mass is 16.1. The molecule has 0 spiro atoms. The Kier molecular flexibility index (Phi) is 4.17. The maximum absolute atomic E-state index is 12.3. The highest BCUT2D eigenvalue weighted by molar-refractivity contribution is 6.03. The molecule has 2 aromatic carbocycles. The molecule has 1 unspecified atom stereocenters. The number of hydrogen-bond acceptors (Lipinski definition) is 3. The van der Waals surface area contributed by atoms with E-state index < -0.39 is 0 Å². The SMILES string of the molecule is Cc1ccc(C(=O)Nc2ccc(N3c4ccccc4CC3C)cn2)cc1. The van der Waals surface area contributed by atoms with Crippen LogP contribution in [0.4, 0.5) is 17.2 Å². The molecule has 1 N–H and O–H groups in total. The third-order valence-corrected chi connectivity index (χ3v) is 4.79. The van der Waals surface area contributed by atoms with E-state index in [0.717, 1.165) is 17.7 Å². The number of rotatable bonds is 3. The zero-order valence-corrected chi connectivity index (χ0v) is 14.9. The molecule has 4 rings (SSSR count). The van der Waals surface area contributed by atoms with Gasteiger partial charge in [-0.1, -0.05) is 35.9 Å². The number of nitrogens with one attached hydrogen (secondary N) is 1. The average Bonchev–Trinajstić information content (AvgIpc) is 2.99. The van der Waals surface area contributed by atoms with Crippen molar-refractivity contribution in [3.8, 4) is 0 Å². The van der Waals surface area contributed by atoms with Gasteiger partial charge in [0.25, 0.3) is 5.91 Å². The van der Waals surface area contributed by atoms with Crippen LogP contribution in [0.3, 0.4) is 0 Å². The molecule has 1 amide bonds. The fourth-order valence-electron chi connectivity index (χ4n) is 3.45. The Morgan fingerprint density at radius 2 is 1.85 bits per heavy atom. The zero-order chi connectivity index (χ0) is 18.1. The molecule has 0 fully saturated rings. The summed E-state index contributed by atoms with van der Waals surface area (Å²) in [5, 5.41) is 2.86. The molecule has 1 aliphatic heterocycles. The summed E-state index contributed by atoms with van der Waals surface area (Å²) in [7, 11) is 0. The minimum atomic E-state index is -0.148. The first-order chi connectivity index (χ1) is 12.6. The molecule has 0 saturated carbocycles. The lowest BCUT2D eigenvalue weighted by Gasteiger charge is -2.24. The first kappa shape index (κ1) is 16.3. The fourth-order valence-corrected chi connectivity index (χ4v) is 3.45. The van der Waals surface area contributed by atoms with Gasteiger partial charge in [0.1, 0.15) is 5.82 Å². The Morgan fingerprint density at radius 3 is 2.58 bits per heavy atom. The summed E-state index contributed by atoms with van der Waals surface area (Å²) in [6.07, 6.45) is 2.85. The maximum Gasteiger partial charge on any atom is 0.256 e. The molecule has 26 heavy (non-hydrogen) atoms. The number of benzene rings is 2. The molecule has 0 saturated heterocycles.